The molecule has 1 saturated heterocycles. The fourth-order valence-electron chi connectivity index (χ4n) is 1.76. The van der Waals surface area contributed by atoms with Crippen molar-refractivity contribution in [3.8, 4) is 0 Å². The van der Waals surface area contributed by atoms with Crippen molar-refractivity contribution in [1.29, 1.82) is 0 Å². The van der Waals surface area contributed by atoms with Crippen LogP contribution in [-0.4, -0.2) is 30.5 Å². The van der Waals surface area contributed by atoms with Gasteiger partial charge < -0.3 is 20.9 Å². The van der Waals surface area contributed by atoms with Crippen LogP contribution in [0.3, 0.4) is 0 Å². The van der Waals surface area contributed by atoms with Crippen molar-refractivity contribution < 1.29 is 9.84 Å². The van der Waals surface area contributed by atoms with E-state index in [2.05, 4.69) is 5.32 Å². The van der Waals surface area contributed by atoms with E-state index in [9.17, 15) is 5.11 Å². The first-order valence-corrected chi connectivity index (χ1v) is 5.12. The molecular weight excluding hydrogens is 192 g/mol. The smallest absolute Gasteiger partial charge is 0.0794 e. The van der Waals surface area contributed by atoms with Crippen LogP contribution in [0.25, 0.3) is 0 Å². The first-order chi connectivity index (χ1) is 7.25. The first kappa shape index (κ1) is 10.3. The number of para-hydroxylation sites is 2. The number of ether oxygens (including phenoxy) is 1. The fourth-order valence-corrected chi connectivity index (χ4v) is 1.76. The molecule has 0 amide bonds. The monoisotopic (exact) mass is 208 g/mol. The zero-order chi connectivity index (χ0) is 10.7. The van der Waals surface area contributed by atoms with Crippen molar-refractivity contribution in [1.82, 2.24) is 0 Å². The molecule has 1 aromatic rings. The Balaban J connectivity index is 1.99. The molecule has 4 N–H and O–H groups in total. The number of hydrogen-bond acceptors (Lipinski definition) is 4. The van der Waals surface area contributed by atoms with E-state index in [0.717, 1.165) is 11.4 Å². The lowest BCUT2D eigenvalue weighted by molar-refractivity contribution is -0.0116. The Labute approximate surface area is 89.0 Å². The third kappa shape index (κ3) is 2.61. The molecular formula is C11H16N2O2. The summed E-state index contributed by atoms with van der Waals surface area (Å²) in [6.45, 7) is 1.05. The minimum Gasteiger partial charge on any atom is -0.397 e. The Bertz CT molecular complexity index is 330. The van der Waals surface area contributed by atoms with Crippen molar-refractivity contribution in [3.05, 3.63) is 24.3 Å². The lowest BCUT2D eigenvalue weighted by Gasteiger charge is -2.28. The molecule has 1 aliphatic heterocycles. The highest BCUT2D eigenvalue weighted by atomic mass is 16.5. The largest absolute Gasteiger partial charge is 0.397 e. The second-order valence-corrected chi connectivity index (χ2v) is 3.86. The molecule has 1 fully saturated rings. The van der Waals surface area contributed by atoms with Crippen molar-refractivity contribution in [2.24, 2.45) is 0 Å². The number of benzene rings is 1. The van der Waals surface area contributed by atoms with E-state index >= 15 is 0 Å². The zero-order valence-electron chi connectivity index (χ0n) is 8.52. The second-order valence-electron chi connectivity index (χ2n) is 3.86. The molecule has 2 atom stereocenters. The lowest BCUT2D eigenvalue weighted by atomic mass is 10.1. The Hall–Kier alpha value is -1.26. The molecule has 0 saturated carbocycles. The first-order valence-electron chi connectivity index (χ1n) is 5.12. The van der Waals surface area contributed by atoms with Crippen LogP contribution in [0.2, 0.25) is 0 Å². The maximum atomic E-state index is 9.43. The highest BCUT2D eigenvalue weighted by Crippen LogP contribution is 2.20. The summed E-state index contributed by atoms with van der Waals surface area (Å²) in [4.78, 5) is 0. The Morgan fingerprint density at radius 3 is 2.87 bits per heavy atom. The van der Waals surface area contributed by atoms with Gasteiger partial charge in [-0.2, -0.15) is 0 Å². The van der Waals surface area contributed by atoms with Crippen molar-refractivity contribution >= 4 is 11.4 Å². The van der Waals surface area contributed by atoms with E-state index in [4.69, 9.17) is 10.5 Å². The van der Waals surface area contributed by atoms with Gasteiger partial charge in [0.2, 0.25) is 0 Å². The number of rotatable bonds is 2. The highest BCUT2D eigenvalue weighted by Gasteiger charge is 2.20. The summed E-state index contributed by atoms with van der Waals surface area (Å²) in [6.07, 6.45) is 0.329. The predicted octanol–water partition coefficient (Wildman–Crippen LogP) is 0.830. The number of aliphatic hydroxyl groups is 1. The van der Waals surface area contributed by atoms with E-state index < -0.39 is 0 Å². The predicted molar refractivity (Wildman–Crippen MR) is 59.7 cm³/mol. The summed E-state index contributed by atoms with van der Waals surface area (Å²) in [5, 5.41) is 12.7. The topological polar surface area (TPSA) is 67.5 Å². The van der Waals surface area contributed by atoms with Gasteiger partial charge in [0.25, 0.3) is 0 Å². The summed E-state index contributed by atoms with van der Waals surface area (Å²) in [5.41, 5.74) is 7.43. The Morgan fingerprint density at radius 2 is 2.13 bits per heavy atom. The van der Waals surface area contributed by atoms with Gasteiger partial charge in [-0.3, -0.25) is 0 Å². The molecule has 4 nitrogen and oxygen atoms in total. The van der Waals surface area contributed by atoms with Crippen LogP contribution in [0.15, 0.2) is 24.3 Å². The molecule has 0 spiro atoms. The number of nitrogens with two attached hydrogens (primary N) is 1. The van der Waals surface area contributed by atoms with Gasteiger partial charge in [-0.15, -0.1) is 0 Å². The van der Waals surface area contributed by atoms with Crippen LogP contribution < -0.4 is 11.1 Å². The quantitative estimate of drug-likeness (QED) is 0.630. The van der Waals surface area contributed by atoms with E-state index in [-0.39, 0.29) is 12.1 Å². The van der Waals surface area contributed by atoms with Gasteiger partial charge >= 0.3 is 0 Å². The van der Waals surface area contributed by atoms with Gasteiger partial charge in [0.05, 0.1) is 36.7 Å². The average Bonchev–Trinajstić information content (AvgIpc) is 2.22. The van der Waals surface area contributed by atoms with Gasteiger partial charge in [-0.05, 0) is 18.6 Å². The molecule has 82 valence electrons. The average molecular weight is 208 g/mol. The second kappa shape index (κ2) is 4.51. The minimum absolute atomic E-state index is 0.137. The lowest BCUT2D eigenvalue weighted by Crippen LogP contribution is -2.37. The fraction of sp³-hybridized carbons (Fsp3) is 0.455. The summed E-state index contributed by atoms with van der Waals surface area (Å²) in [6, 6.07) is 7.74. The SMILES string of the molecule is Nc1ccccc1N[C@H]1COC[C@@H](O)C1. The molecule has 0 bridgehead atoms. The van der Waals surface area contributed by atoms with Gasteiger partial charge in [-0.25, -0.2) is 0 Å². The summed E-state index contributed by atoms with van der Waals surface area (Å²) in [7, 11) is 0. The molecule has 1 aromatic carbocycles. The molecule has 15 heavy (non-hydrogen) atoms. The van der Waals surface area contributed by atoms with Crippen LogP contribution in [0.5, 0.6) is 0 Å². The molecule has 0 unspecified atom stereocenters. The third-order valence-electron chi connectivity index (χ3n) is 2.51. The van der Waals surface area contributed by atoms with Gasteiger partial charge in [0.15, 0.2) is 0 Å². The number of hydrogen-bond donors (Lipinski definition) is 3. The number of nitrogen functional groups attached to an aromatic ring is 1. The molecule has 4 heteroatoms. The van der Waals surface area contributed by atoms with Crippen LogP contribution >= 0.6 is 0 Å². The Kier molecular flexibility index (Phi) is 3.08. The molecule has 0 aromatic heterocycles. The zero-order valence-corrected chi connectivity index (χ0v) is 8.52. The highest BCUT2D eigenvalue weighted by molar-refractivity contribution is 5.65. The molecule has 0 aliphatic carbocycles. The summed E-state index contributed by atoms with van der Waals surface area (Å²) in [5.74, 6) is 0. The van der Waals surface area contributed by atoms with E-state index in [1.165, 1.54) is 0 Å². The molecule has 1 heterocycles. The van der Waals surface area contributed by atoms with Crippen molar-refractivity contribution in [2.45, 2.75) is 18.6 Å². The molecule has 2 rings (SSSR count). The van der Waals surface area contributed by atoms with Crippen LogP contribution in [0.1, 0.15) is 6.42 Å². The van der Waals surface area contributed by atoms with Crippen LogP contribution in [0.4, 0.5) is 11.4 Å². The van der Waals surface area contributed by atoms with Crippen molar-refractivity contribution in [3.63, 3.8) is 0 Å². The summed E-state index contributed by atoms with van der Waals surface area (Å²) >= 11 is 0. The number of aliphatic hydroxyl groups excluding tert-OH is 1. The van der Waals surface area contributed by atoms with Gasteiger partial charge in [0.1, 0.15) is 0 Å². The maximum absolute atomic E-state index is 9.43. The van der Waals surface area contributed by atoms with E-state index in [1.807, 2.05) is 24.3 Å². The molecule has 0 radical (unpaired) electrons. The van der Waals surface area contributed by atoms with E-state index in [0.29, 0.717) is 19.6 Å². The normalized spacial score (nSPS) is 26.2. The van der Waals surface area contributed by atoms with Crippen LogP contribution in [0, 0.1) is 0 Å². The summed E-state index contributed by atoms with van der Waals surface area (Å²) < 4.78 is 5.25. The number of anilines is 2. The maximum Gasteiger partial charge on any atom is 0.0794 e. The van der Waals surface area contributed by atoms with Crippen LogP contribution in [-0.2, 0) is 4.74 Å². The minimum atomic E-state index is -0.374. The third-order valence-corrected chi connectivity index (χ3v) is 2.51. The van der Waals surface area contributed by atoms with E-state index in [1.54, 1.807) is 0 Å². The van der Waals surface area contributed by atoms with Gasteiger partial charge in [0, 0.05) is 0 Å². The van der Waals surface area contributed by atoms with Crippen molar-refractivity contribution in [2.75, 3.05) is 24.3 Å². The standard InChI is InChI=1S/C11H16N2O2/c12-10-3-1-2-4-11(10)13-8-5-9(14)7-15-6-8/h1-4,8-9,13-14H,5-7,12H2/t8-,9+/m1/s1. The number of nitrogens with one attached hydrogen (secondary N) is 1. The molecule has 1 aliphatic rings. The Morgan fingerprint density at radius 1 is 1.33 bits per heavy atom. The van der Waals surface area contributed by atoms with Gasteiger partial charge in [-0.1, -0.05) is 12.1 Å².